The average Bonchev–Trinajstić information content (AvgIpc) is 2.29. The highest BCUT2D eigenvalue weighted by molar-refractivity contribution is 7.79. The fraction of sp³-hybridized carbons (Fsp3) is 0. The molecule has 1 atom stereocenters. The maximum Gasteiger partial charge on any atom is 0.124 e. The monoisotopic (exact) mass is 269 g/mol. The first-order valence-electron chi connectivity index (χ1n) is 4.72. The number of hydrogen-bond donors (Lipinski definition) is 0. The van der Waals surface area contributed by atoms with E-state index in [-0.39, 0.29) is 4.90 Å². The van der Waals surface area contributed by atoms with Gasteiger partial charge in [0.05, 0.1) is 5.02 Å². The molecule has 0 bridgehead atoms. The molecule has 1 unspecified atom stereocenters. The Hall–Kier alpha value is -1.23. The van der Waals surface area contributed by atoms with E-state index < -0.39 is 16.9 Å². The number of rotatable bonds is 2. The van der Waals surface area contributed by atoms with Crippen LogP contribution in [0.3, 0.4) is 0 Å². The van der Waals surface area contributed by atoms with Crippen LogP contribution in [0, 0.1) is 5.82 Å². The zero-order valence-corrected chi connectivity index (χ0v) is 10.1. The van der Waals surface area contributed by atoms with E-state index in [2.05, 4.69) is 0 Å². The van der Waals surface area contributed by atoms with Gasteiger partial charge in [-0.15, -0.1) is 0 Å². The second-order valence-electron chi connectivity index (χ2n) is 3.38. The van der Waals surface area contributed by atoms with Crippen LogP contribution in [-0.4, -0.2) is 8.76 Å². The molecule has 0 aliphatic heterocycles. The van der Waals surface area contributed by atoms with Crippen LogP contribution in [0.4, 0.5) is 4.39 Å². The fourth-order valence-electron chi connectivity index (χ4n) is 1.47. The quantitative estimate of drug-likeness (QED) is 0.784. The van der Waals surface area contributed by atoms with Gasteiger partial charge in [0.2, 0.25) is 0 Å². The molecule has 0 amide bonds. The second kappa shape index (κ2) is 4.96. The highest BCUT2D eigenvalue weighted by Gasteiger charge is 2.04. The van der Waals surface area contributed by atoms with E-state index in [0.29, 0.717) is 10.6 Å². The summed E-state index contributed by atoms with van der Waals surface area (Å²) in [4.78, 5) is 0.201. The summed E-state index contributed by atoms with van der Waals surface area (Å²) in [6.45, 7) is 0. The summed E-state index contributed by atoms with van der Waals surface area (Å²) in [5.74, 6) is -0.406. The summed E-state index contributed by atoms with van der Waals surface area (Å²) in [5.41, 5.74) is 1.40. The Morgan fingerprint density at radius 2 is 1.76 bits per heavy atom. The lowest BCUT2D eigenvalue weighted by atomic mass is 10.1. The van der Waals surface area contributed by atoms with Gasteiger partial charge < -0.3 is 4.55 Å². The molecule has 0 aliphatic rings. The summed E-state index contributed by atoms with van der Waals surface area (Å²) >= 11 is 3.66. The van der Waals surface area contributed by atoms with Crippen LogP contribution in [0.25, 0.3) is 11.1 Å². The summed E-state index contributed by atoms with van der Waals surface area (Å²) < 4.78 is 34.2. The van der Waals surface area contributed by atoms with E-state index in [9.17, 15) is 13.2 Å². The van der Waals surface area contributed by atoms with Crippen molar-refractivity contribution in [2.45, 2.75) is 4.90 Å². The first kappa shape index (κ1) is 12.2. The van der Waals surface area contributed by atoms with Gasteiger partial charge in [-0.25, -0.2) is 4.39 Å². The van der Waals surface area contributed by atoms with Crippen LogP contribution >= 0.6 is 11.6 Å². The third-order valence-corrected chi connectivity index (χ3v) is 3.26. The highest BCUT2D eigenvalue weighted by atomic mass is 35.5. The minimum absolute atomic E-state index is 0.201. The second-order valence-corrected chi connectivity index (χ2v) is 4.73. The zero-order valence-electron chi connectivity index (χ0n) is 8.52. The lowest BCUT2D eigenvalue weighted by molar-refractivity contribution is 0.537. The van der Waals surface area contributed by atoms with Crippen LogP contribution in [0.2, 0.25) is 5.02 Å². The molecule has 2 aromatic carbocycles. The molecule has 2 aromatic rings. The fourth-order valence-corrected chi connectivity index (χ4v) is 2.10. The normalized spacial score (nSPS) is 12.4. The van der Waals surface area contributed by atoms with Gasteiger partial charge >= 0.3 is 0 Å². The summed E-state index contributed by atoms with van der Waals surface area (Å²) in [7, 11) is 0. The molecule has 2 nitrogen and oxygen atoms in total. The molecule has 88 valence electrons. The lowest BCUT2D eigenvalue weighted by Crippen LogP contribution is -1.88. The van der Waals surface area contributed by atoms with E-state index in [0.717, 1.165) is 5.56 Å². The van der Waals surface area contributed by atoms with Gasteiger partial charge in [-0.2, -0.15) is 0 Å². The van der Waals surface area contributed by atoms with Gasteiger partial charge in [0.25, 0.3) is 0 Å². The SMILES string of the molecule is O=S([O-])c1ccc(-c2ccc(F)cc2Cl)cc1. The number of halogens is 2. The highest BCUT2D eigenvalue weighted by Crippen LogP contribution is 2.28. The molecule has 0 spiro atoms. The van der Waals surface area contributed by atoms with Crippen LogP contribution in [0.15, 0.2) is 47.4 Å². The molecule has 0 saturated heterocycles. The van der Waals surface area contributed by atoms with E-state index in [1.807, 2.05) is 0 Å². The van der Waals surface area contributed by atoms with Gasteiger partial charge in [-0.05, 0) is 47.0 Å². The molecular weight excluding hydrogens is 263 g/mol. The average molecular weight is 270 g/mol. The number of hydrogen-bond acceptors (Lipinski definition) is 2. The van der Waals surface area contributed by atoms with Crippen molar-refractivity contribution in [2.24, 2.45) is 0 Å². The molecule has 0 N–H and O–H groups in total. The van der Waals surface area contributed by atoms with Crippen LogP contribution in [-0.2, 0) is 11.1 Å². The van der Waals surface area contributed by atoms with E-state index in [1.54, 1.807) is 18.2 Å². The van der Waals surface area contributed by atoms with E-state index in [4.69, 9.17) is 11.6 Å². The first-order chi connectivity index (χ1) is 8.08. The smallest absolute Gasteiger partial charge is 0.124 e. The van der Waals surface area contributed by atoms with Gasteiger partial charge in [-0.1, -0.05) is 23.7 Å². The minimum Gasteiger partial charge on any atom is -0.768 e. The van der Waals surface area contributed by atoms with Crippen molar-refractivity contribution in [1.82, 2.24) is 0 Å². The van der Waals surface area contributed by atoms with E-state index >= 15 is 0 Å². The minimum atomic E-state index is -2.25. The number of benzene rings is 2. The van der Waals surface area contributed by atoms with Crippen LogP contribution in [0.5, 0.6) is 0 Å². The summed E-state index contributed by atoms with van der Waals surface area (Å²) in [5, 5.41) is 0.293. The topological polar surface area (TPSA) is 40.1 Å². The Kier molecular flexibility index (Phi) is 3.57. The Morgan fingerprint density at radius 3 is 2.29 bits per heavy atom. The molecule has 0 radical (unpaired) electrons. The molecule has 0 heterocycles. The molecule has 2 rings (SSSR count). The van der Waals surface area contributed by atoms with Crippen molar-refractivity contribution >= 4 is 22.7 Å². The van der Waals surface area contributed by atoms with Gasteiger partial charge in [0.1, 0.15) is 5.82 Å². The van der Waals surface area contributed by atoms with Gasteiger partial charge in [0, 0.05) is 10.5 Å². The third-order valence-electron chi connectivity index (χ3n) is 2.29. The maximum atomic E-state index is 12.9. The van der Waals surface area contributed by atoms with Crippen LogP contribution in [0.1, 0.15) is 0 Å². The molecule has 0 fully saturated rings. The standard InChI is InChI=1S/C12H8ClFO2S/c13-12-7-9(14)3-6-11(12)8-1-4-10(5-2-8)17(15)16/h1-7H,(H,15,16)/p-1. The largest absolute Gasteiger partial charge is 0.768 e. The lowest BCUT2D eigenvalue weighted by Gasteiger charge is -2.08. The summed E-state index contributed by atoms with van der Waals surface area (Å²) in [6.07, 6.45) is 0. The first-order valence-corrected chi connectivity index (χ1v) is 6.18. The van der Waals surface area contributed by atoms with Crippen molar-refractivity contribution in [1.29, 1.82) is 0 Å². The van der Waals surface area contributed by atoms with Crippen molar-refractivity contribution in [2.75, 3.05) is 0 Å². The summed E-state index contributed by atoms with van der Waals surface area (Å²) in [6, 6.07) is 10.3. The predicted octanol–water partition coefficient (Wildman–Crippen LogP) is 3.38. The molecule has 0 saturated carbocycles. The van der Waals surface area contributed by atoms with Gasteiger partial charge in [-0.3, -0.25) is 4.21 Å². The van der Waals surface area contributed by atoms with Crippen molar-refractivity contribution in [3.8, 4) is 11.1 Å². The maximum absolute atomic E-state index is 12.9. The van der Waals surface area contributed by atoms with Crippen molar-refractivity contribution < 1.29 is 13.2 Å². The van der Waals surface area contributed by atoms with E-state index in [1.165, 1.54) is 24.3 Å². The Balaban J connectivity index is 2.43. The third kappa shape index (κ3) is 2.72. The Morgan fingerprint density at radius 1 is 1.12 bits per heavy atom. The van der Waals surface area contributed by atoms with Crippen molar-refractivity contribution in [3.63, 3.8) is 0 Å². The Bertz CT molecular complexity index is 569. The van der Waals surface area contributed by atoms with Crippen molar-refractivity contribution in [3.05, 3.63) is 53.3 Å². The van der Waals surface area contributed by atoms with Crippen LogP contribution < -0.4 is 0 Å². The Labute approximate surface area is 105 Å². The molecule has 5 heteroatoms. The molecule has 0 aromatic heterocycles. The van der Waals surface area contributed by atoms with Gasteiger partial charge in [0.15, 0.2) is 0 Å². The molecule has 0 aliphatic carbocycles. The molecule has 17 heavy (non-hydrogen) atoms. The molecular formula is C12H7ClFO2S-. The zero-order chi connectivity index (χ0) is 12.4. The predicted molar refractivity (Wildman–Crippen MR) is 64.0 cm³/mol.